The molecule has 3 heterocycles. The van der Waals surface area contributed by atoms with Crippen LogP contribution in [-0.2, 0) is 27.1 Å². The smallest absolute Gasteiger partial charge is 0.338 e. The van der Waals surface area contributed by atoms with Crippen LogP contribution in [0.15, 0.2) is 58.4 Å². The summed E-state index contributed by atoms with van der Waals surface area (Å²) >= 11 is 1.31. The molecule has 0 aromatic carbocycles. The van der Waals surface area contributed by atoms with Gasteiger partial charge in [-0.2, -0.15) is 10.5 Å². The van der Waals surface area contributed by atoms with Crippen molar-refractivity contribution >= 4 is 17.7 Å². The first-order valence-electron chi connectivity index (χ1n) is 11.4. The van der Waals surface area contributed by atoms with E-state index in [1.54, 1.807) is 24.5 Å². The summed E-state index contributed by atoms with van der Waals surface area (Å²) in [4.78, 5) is 21.8. The van der Waals surface area contributed by atoms with E-state index >= 15 is 0 Å². The Hall–Kier alpha value is -3.82. The summed E-state index contributed by atoms with van der Waals surface area (Å²) in [6.07, 6.45) is 9.51. The maximum atomic E-state index is 12.9. The predicted molar refractivity (Wildman–Crippen MR) is 129 cm³/mol. The summed E-state index contributed by atoms with van der Waals surface area (Å²) in [5, 5.41) is 20.1. The van der Waals surface area contributed by atoms with E-state index in [2.05, 4.69) is 17.1 Å². The van der Waals surface area contributed by atoms with Gasteiger partial charge in [0.25, 0.3) is 0 Å². The number of hydrogen-bond acceptors (Lipinski definition) is 9. The molecule has 2 N–H and O–H groups in total. The quantitative estimate of drug-likeness (QED) is 0.489. The topological polar surface area (TPSA) is 135 Å². The maximum absolute atomic E-state index is 12.9. The molecule has 2 aromatic heterocycles. The fourth-order valence-corrected chi connectivity index (χ4v) is 5.36. The van der Waals surface area contributed by atoms with Crippen LogP contribution in [-0.4, -0.2) is 28.8 Å². The Kier molecular flexibility index (Phi) is 7.69. The molecule has 1 atom stereocenters. The van der Waals surface area contributed by atoms with Crippen molar-refractivity contribution in [3.05, 3.63) is 75.8 Å². The minimum atomic E-state index is -0.751. The predicted octanol–water partition coefficient (Wildman–Crippen LogP) is 4.03. The number of allylic oxidation sites excluding steroid dienone is 1. The van der Waals surface area contributed by atoms with E-state index in [1.807, 2.05) is 6.07 Å². The number of nitriles is 2. The van der Waals surface area contributed by atoms with E-state index in [4.69, 9.17) is 20.2 Å². The van der Waals surface area contributed by atoms with Crippen molar-refractivity contribution in [3.63, 3.8) is 0 Å². The molecule has 0 bridgehead atoms. The van der Waals surface area contributed by atoms with Crippen molar-refractivity contribution in [1.29, 1.82) is 10.5 Å². The molecular formula is C26H25N5O3S. The molecule has 4 rings (SSSR count). The molecule has 0 saturated carbocycles. The Bertz CT molecular complexity index is 1270. The van der Waals surface area contributed by atoms with Crippen LogP contribution in [0.25, 0.3) is 0 Å². The van der Waals surface area contributed by atoms with Crippen molar-refractivity contribution in [2.24, 2.45) is 5.73 Å². The van der Waals surface area contributed by atoms with Crippen LogP contribution >= 0.6 is 11.8 Å². The van der Waals surface area contributed by atoms with Crippen LogP contribution in [0.4, 0.5) is 0 Å². The Morgan fingerprint density at radius 3 is 2.63 bits per heavy atom. The van der Waals surface area contributed by atoms with E-state index < -0.39 is 11.9 Å². The van der Waals surface area contributed by atoms with Gasteiger partial charge >= 0.3 is 5.97 Å². The number of rotatable bonds is 5. The van der Waals surface area contributed by atoms with Gasteiger partial charge in [0, 0.05) is 18.1 Å². The Balaban J connectivity index is 1.72. The molecule has 35 heavy (non-hydrogen) atoms. The number of thioether (sulfide) groups is 1. The Morgan fingerprint density at radius 2 is 1.94 bits per heavy atom. The molecule has 0 unspecified atom stereocenters. The fraction of sp³-hybridized carbons (Fsp3) is 0.346. The van der Waals surface area contributed by atoms with Crippen LogP contribution in [0.2, 0.25) is 0 Å². The third-order valence-corrected chi connectivity index (χ3v) is 7.16. The number of nitrogens with zero attached hydrogens (tertiary/aromatic N) is 4. The Morgan fingerprint density at radius 1 is 1.20 bits per heavy atom. The van der Waals surface area contributed by atoms with Gasteiger partial charge in [0.05, 0.1) is 29.9 Å². The molecule has 1 aliphatic heterocycles. The third-order valence-electron chi connectivity index (χ3n) is 6.17. The maximum Gasteiger partial charge on any atom is 0.338 e. The molecule has 0 spiro atoms. The second-order valence-corrected chi connectivity index (χ2v) is 9.26. The molecule has 8 nitrogen and oxygen atoms in total. The summed E-state index contributed by atoms with van der Waals surface area (Å²) in [6.45, 7) is 0. The number of hydrogen-bond donors (Lipinski definition) is 1. The fourth-order valence-electron chi connectivity index (χ4n) is 4.44. The van der Waals surface area contributed by atoms with Gasteiger partial charge in [0.15, 0.2) is 0 Å². The number of pyridine rings is 2. The van der Waals surface area contributed by atoms with Crippen molar-refractivity contribution in [3.8, 4) is 12.1 Å². The molecule has 9 heteroatoms. The first-order chi connectivity index (χ1) is 17.1. The van der Waals surface area contributed by atoms with Crippen molar-refractivity contribution < 1.29 is 14.3 Å². The SMILES string of the molecule is COC(=O)C1=C(CSc2nc3c(cc2C#N)CCCCCC3)OC(N)=C(C#N)[C@@H]1c1ccncc1. The average Bonchev–Trinajstić information content (AvgIpc) is 2.87. The van der Waals surface area contributed by atoms with Crippen molar-refractivity contribution in [1.82, 2.24) is 9.97 Å². The monoisotopic (exact) mass is 487 g/mol. The van der Waals surface area contributed by atoms with Crippen LogP contribution in [0.5, 0.6) is 0 Å². The summed E-state index contributed by atoms with van der Waals surface area (Å²) in [5.41, 5.74) is 9.77. The second kappa shape index (κ2) is 11.1. The van der Waals surface area contributed by atoms with E-state index in [-0.39, 0.29) is 28.5 Å². The summed E-state index contributed by atoms with van der Waals surface area (Å²) in [7, 11) is 1.28. The highest BCUT2D eigenvalue weighted by Crippen LogP contribution is 2.41. The molecule has 178 valence electrons. The minimum absolute atomic E-state index is 0.0655. The first kappa shape index (κ1) is 24.3. The highest BCUT2D eigenvalue weighted by Gasteiger charge is 2.37. The van der Waals surface area contributed by atoms with Crippen molar-refractivity contribution in [2.45, 2.75) is 49.5 Å². The standard InChI is InChI=1S/C26H25N5O3S/c1-33-26(32)23-21(34-24(29)19(14-28)22(23)16-8-10-30-11-9-16)15-35-25-18(13-27)12-17-6-4-2-3-5-7-20(17)31-25/h8-12,22H,2-7,15,29H2,1H3/t22-/m0/s1. The molecule has 0 amide bonds. The number of carbonyl (C=O) groups excluding carboxylic acids is 1. The lowest BCUT2D eigenvalue weighted by atomic mass is 9.83. The zero-order chi connectivity index (χ0) is 24.8. The molecule has 0 saturated heterocycles. The number of aromatic nitrogens is 2. The van der Waals surface area contributed by atoms with Gasteiger partial charge in [-0.05, 0) is 55.0 Å². The van der Waals surface area contributed by atoms with E-state index in [9.17, 15) is 15.3 Å². The number of carbonyl (C=O) groups is 1. The van der Waals surface area contributed by atoms with Gasteiger partial charge in [-0.15, -0.1) is 0 Å². The summed E-state index contributed by atoms with van der Waals surface area (Å²) < 4.78 is 10.8. The molecular weight excluding hydrogens is 462 g/mol. The Labute approximate surface area is 208 Å². The third kappa shape index (κ3) is 5.16. The molecule has 2 aliphatic rings. The molecule has 2 aromatic rings. The highest BCUT2D eigenvalue weighted by molar-refractivity contribution is 7.99. The molecule has 0 radical (unpaired) electrons. The number of fused-ring (bicyclic) bond motifs is 1. The minimum Gasteiger partial charge on any atom is -0.466 e. The van der Waals surface area contributed by atoms with Crippen LogP contribution in [0.3, 0.4) is 0 Å². The number of nitrogens with two attached hydrogens (primary N) is 1. The molecule has 0 fully saturated rings. The van der Waals surface area contributed by atoms with Gasteiger partial charge in [0.1, 0.15) is 28.5 Å². The lowest BCUT2D eigenvalue weighted by Crippen LogP contribution is -2.26. The van der Waals surface area contributed by atoms with Crippen LogP contribution in [0, 0.1) is 22.7 Å². The zero-order valence-electron chi connectivity index (χ0n) is 19.4. The van der Waals surface area contributed by atoms with E-state index in [1.165, 1.54) is 31.7 Å². The largest absolute Gasteiger partial charge is 0.466 e. The van der Waals surface area contributed by atoms with Gasteiger partial charge in [0.2, 0.25) is 5.88 Å². The zero-order valence-corrected chi connectivity index (χ0v) is 20.2. The van der Waals surface area contributed by atoms with Gasteiger partial charge in [-0.1, -0.05) is 24.6 Å². The van der Waals surface area contributed by atoms with Crippen molar-refractivity contribution in [2.75, 3.05) is 12.9 Å². The lowest BCUT2D eigenvalue weighted by molar-refractivity contribution is -0.136. The van der Waals surface area contributed by atoms with Crippen LogP contribution < -0.4 is 5.73 Å². The first-order valence-corrected chi connectivity index (χ1v) is 12.4. The number of esters is 1. The number of aryl methyl sites for hydroxylation is 2. The number of ether oxygens (including phenoxy) is 2. The second-order valence-electron chi connectivity index (χ2n) is 8.30. The summed E-state index contributed by atoms with van der Waals surface area (Å²) in [5.74, 6) is -0.971. The van der Waals surface area contributed by atoms with Gasteiger partial charge in [-0.25, -0.2) is 9.78 Å². The van der Waals surface area contributed by atoms with Crippen LogP contribution in [0.1, 0.15) is 54.0 Å². The summed E-state index contributed by atoms with van der Waals surface area (Å²) in [6, 6.07) is 9.71. The molecule has 1 aliphatic carbocycles. The van der Waals surface area contributed by atoms with Gasteiger partial charge in [-0.3, -0.25) is 4.98 Å². The van der Waals surface area contributed by atoms with E-state index in [0.717, 1.165) is 36.9 Å². The number of methoxy groups -OCH3 is 1. The van der Waals surface area contributed by atoms with Gasteiger partial charge < -0.3 is 15.2 Å². The average molecular weight is 488 g/mol. The highest BCUT2D eigenvalue weighted by atomic mass is 32.2. The lowest BCUT2D eigenvalue weighted by Gasteiger charge is -2.27. The van der Waals surface area contributed by atoms with E-state index in [0.29, 0.717) is 16.2 Å². The normalized spacial score (nSPS) is 17.9.